The summed E-state index contributed by atoms with van der Waals surface area (Å²) in [6.07, 6.45) is 5.76. The third-order valence-corrected chi connectivity index (χ3v) is 7.05. The summed E-state index contributed by atoms with van der Waals surface area (Å²) < 4.78 is 5.35. The summed E-state index contributed by atoms with van der Waals surface area (Å²) in [5.41, 5.74) is 1.80. The Morgan fingerprint density at radius 1 is 1.46 bits per heavy atom. The SMILES string of the molecule is CCC1CC2(C#N)CC(C2)N1C(=O)CC(C)c1c[nH]c2ccc(OC)c(Cl)c12. The van der Waals surface area contributed by atoms with E-state index in [1.165, 1.54) is 0 Å². The van der Waals surface area contributed by atoms with E-state index in [4.69, 9.17) is 16.3 Å². The van der Waals surface area contributed by atoms with Crippen molar-refractivity contribution >= 4 is 28.4 Å². The molecule has 0 spiro atoms. The summed E-state index contributed by atoms with van der Waals surface area (Å²) in [6.45, 7) is 4.18. The Hall–Kier alpha value is -2.19. The molecule has 3 fully saturated rings. The predicted octanol–water partition coefficient (Wildman–Crippen LogP) is 5.01. The minimum Gasteiger partial charge on any atom is -0.495 e. The van der Waals surface area contributed by atoms with Gasteiger partial charge in [0.15, 0.2) is 0 Å². The van der Waals surface area contributed by atoms with Crippen LogP contribution in [0.15, 0.2) is 18.3 Å². The van der Waals surface area contributed by atoms with E-state index in [2.05, 4.69) is 29.8 Å². The van der Waals surface area contributed by atoms with Gasteiger partial charge in [-0.1, -0.05) is 25.4 Å². The Kier molecular flexibility index (Phi) is 4.79. The molecule has 5 nitrogen and oxygen atoms in total. The zero-order valence-electron chi connectivity index (χ0n) is 16.6. The van der Waals surface area contributed by atoms with Gasteiger partial charge in [0, 0.05) is 35.6 Å². The highest BCUT2D eigenvalue weighted by molar-refractivity contribution is 6.37. The van der Waals surface area contributed by atoms with Crippen molar-refractivity contribution < 1.29 is 9.53 Å². The van der Waals surface area contributed by atoms with E-state index >= 15 is 0 Å². The Balaban J connectivity index is 1.56. The number of carbonyl (C=O) groups excluding carboxylic acids is 1. The normalized spacial score (nSPS) is 27.2. The van der Waals surface area contributed by atoms with Gasteiger partial charge in [0.05, 0.1) is 23.6 Å². The van der Waals surface area contributed by atoms with Gasteiger partial charge in [-0.05, 0) is 49.3 Å². The Morgan fingerprint density at radius 3 is 2.86 bits per heavy atom. The standard InChI is InChI=1S/C22H26ClN3O2/c1-4-14-8-22(12-24)9-15(10-22)26(14)19(27)7-13(2)16-11-25-17-5-6-18(28-3)21(23)20(16)17/h5-6,11,13-15,25H,4,7-10H2,1-3H3. The number of nitrogens with one attached hydrogen (secondary N) is 1. The second kappa shape index (κ2) is 7.00. The highest BCUT2D eigenvalue weighted by atomic mass is 35.5. The summed E-state index contributed by atoms with van der Waals surface area (Å²) in [5, 5.41) is 11.0. The van der Waals surface area contributed by atoms with Crippen LogP contribution in [0, 0.1) is 16.7 Å². The van der Waals surface area contributed by atoms with Crippen molar-refractivity contribution in [1.82, 2.24) is 9.88 Å². The number of H-pyrrole nitrogens is 1. The monoisotopic (exact) mass is 399 g/mol. The van der Waals surface area contributed by atoms with E-state index in [-0.39, 0.29) is 29.3 Å². The van der Waals surface area contributed by atoms with Crippen molar-refractivity contribution in [2.75, 3.05) is 7.11 Å². The fourth-order valence-corrected chi connectivity index (χ4v) is 5.50. The Labute approximate surface area is 170 Å². The van der Waals surface area contributed by atoms with Crippen LogP contribution in [0.2, 0.25) is 5.02 Å². The van der Waals surface area contributed by atoms with Crippen LogP contribution < -0.4 is 4.74 Å². The van der Waals surface area contributed by atoms with Crippen LogP contribution in [0.25, 0.3) is 10.9 Å². The molecule has 2 saturated heterocycles. The van der Waals surface area contributed by atoms with Gasteiger partial charge in [0.2, 0.25) is 5.91 Å². The second-order valence-electron chi connectivity index (χ2n) is 8.37. The van der Waals surface area contributed by atoms with E-state index in [0.717, 1.165) is 42.1 Å². The fraction of sp³-hybridized carbons (Fsp3) is 0.545. The molecular weight excluding hydrogens is 374 g/mol. The summed E-state index contributed by atoms with van der Waals surface area (Å²) in [4.78, 5) is 18.6. The topological polar surface area (TPSA) is 69.1 Å². The maximum absolute atomic E-state index is 13.2. The second-order valence-corrected chi connectivity index (χ2v) is 8.75. The molecule has 5 rings (SSSR count). The number of rotatable bonds is 5. The zero-order valence-corrected chi connectivity index (χ0v) is 17.3. The average Bonchev–Trinajstić information content (AvgIpc) is 3.12. The minimum absolute atomic E-state index is 0.0334. The van der Waals surface area contributed by atoms with Gasteiger partial charge >= 0.3 is 0 Å². The number of hydrogen-bond donors (Lipinski definition) is 1. The molecule has 148 valence electrons. The summed E-state index contributed by atoms with van der Waals surface area (Å²) in [7, 11) is 1.60. The van der Waals surface area contributed by atoms with Crippen molar-refractivity contribution in [3.8, 4) is 11.8 Å². The van der Waals surface area contributed by atoms with Crippen LogP contribution in [-0.4, -0.2) is 35.0 Å². The number of carbonyl (C=O) groups is 1. The maximum atomic E-state index is 13.2. The molecule has 1 aliphatic carbocycles. The van der Waals surface area contributed by atoms with Crippen LogP contribution in [-0.2, 0) is 4.79 Å². The molecule has 2 aromatic rings. The van der Waals surface area contributed by atoms with Crippen molar-refractivity contribution in [2.45, 2.75) is 64.0 Å². The Bertz CT molecular complexity index is 955. The summed E-state index contributed by atoms with van der Waals surface area (Å²) in [6, 6.07) is 6.70. The first-order valence-corrected chi connectivity index (χ1v) is 10.4. The van der Waals surface area contributed by atoms with Gasteiger partial charge in [-0.3, -0.25) is 4.79 Å². The molecule has 2 bridgehead atoms. The van der Waals surface area contributed by atoms with E-state index in [9.17, 15) is 10.1 Å². The Morgan fingerprint density at radius 2 is 2.21 bits per heavy atom. The van der Waals surface area contributed by atoms with Crippen molar-refractivity contribution in [3.63, 3.8) is 0 Å². The number of aromatic nitrogens is 1. The number of amides is 1. The van der Waals surface area contributed by atoms with Gasteiger partial charge < -0.3 is 14.6 Å². The smallest absolute Gasteiger partial charge is 0.223 e. The minimum atomic E-state index is -0.186. The number of hydrogen-bond acceptors (Lipinski definition) is 3. The third kappa shape index (κ3) is 2.86. The molecule has 3 aliphatic rings. The average molecular weight is 400 g/mol. The number of halogens is 1. The molecule has 6 heteroatoms. The molecule has 2 aliphatic heterocycles. The number of ether oxygens (including phenoxy) is 1. The van der Waals surface area contributed by atoms with Crippen LogP contribution in [0.1, 0.15) is 57.4 Å². The largest absolute Gasteiger partial charge is 0.495 e. The van der Waals surface area contributed by atoms with Crippen LogP contribution >= 0.6 is 11.6 Å². The van der Waals surface area contributed by atoms with Gasteiger partial charge in [-0.15, -0.1) is 0 Å². The molecule has 28 heavy (non-hydrogen) atoms. The van der Waals surface area contributed by atoms with Gasteiger partial charge in [0.1, 0.15) is 5.75 Å². The quantitative estimate of drug-likeness (QED) is 0.768. The van der Waals surface area contributed by atoms with Crippen LogP contribution in [0.5, 0.6) is 5.75 Å². The lowest BCUT2D eigenvalue weighted by atomic mass is 9.58. The number of nitriles is 1. The van der Waals surface area contributed by atoms with E-state index in [1.54, 1.807) is 7.11 Å². The number of nitrogens with zero attached hydrogens (tertiary/aromatic N) is 2. The van der Waals surface area contributed by atoms with E-state index in [1.807, 2.05) is 18.3 Å². The molecule has 1 amide bonds. The fourth-order valence-electron chi connectivity index (χ4n) is 5.15. The highest BCUT2D eigenvalue weighted by Gasteiger charge is 2.55. The number of piperidine rings is 2. The predicted molar refractivity (Wildman–Crippen MR) is 110 cm³/mol. The molecule has 1 aromatic heterocycles. The van der Waals surface area contributed by atoms with Crippen LogP contribution in [0.4, 0.5) is 0 Å². The lowest BCUT2D eigenvalue weighted by molar-refractivity contribution is -0.152. The molecule has 3 heterocycles. The molecular formula is C22H26ClN3O2. The molecule has 2 unspecified atom stereocenters. The number of aromatic amines is 1. The van der Waals surface area contributed by atoms with E-state index in [0.29, 0.717) is 17.2 Å². The van der Waals surface area contributed by atoms with Crippen molar-refractivity contribution in [1.29, 1.82) is 5.26 Å². The molecule has 1 N–H and O–H groups in total. The number of benzene rings is 1. The number of fused-ring (bicyclic) bond motifs is 3. The lowest BCUT2D eigenvalue weighted by Gasteiger charge is -2.58. The summed E-state index contributed by atoms with van der Waals surface area (Å²) in [5.74, 6) is 0.855. The van der Waals surface area contributed by atoms with Crippen molar-refractivity contribution in [3.05, 3.63) is 28.9 Å². The first-order valence-electron chi connectivity index (χ1n) is 9.99. The van der Waals surface area contributed by atoms with Crippen molar-refractivity contribution in [2.24, 2.45) is 5.41 Å². The van der Waals surface area contributed by atoms with Crippen LogP contribution in [0.3, 0.4) is 0 Å². The highest BCUT2D eigenvalue weighted by Crippen LogP contribution is 2.53. The number of methoxy groups -OCH3 is 1. The first-order chi connectivity index (χ1) is 13.4. The first kappa shape index (κ1) is 19.1. The summed E-state index contributed by atoms with van der Waals surface area (Å²) >= 11 is 6.55. The molecule has 1 saturated carbocycles. The maximum Gasteiger partial charge on any atom is 0.223 e. The molecule has 2 atom stereocenters. The molecule has 1 aromatic carbocycles. The van der Waals surface area contributed by atoms with Gasteiger partial charge in [-0.25, -0.2) is 0 Å². The zero-order chi connectivity index (χ0) is 20.1. The van der Waals surface area contributed by atoms with Gasteiger partial charge in [-0.2, -0.15) is 5.26 Å². The lowest BCUT2D eigenvalue weighted by Crippen LogP contribution is -2.63. The van der Waals surface area contributed by atoms with E-state index < -0.39 is 0 Å². The molecule has 0 radical (unpaired) electrons. The third-order valence-electron chi connectivity index (χ3n) is 6.67. The van der Waals surface area contributed by atoms with Gasteiger partial charge in [0.25, 0.3) is 0 Å².